The quantitative estimate of drug-likeness (QED) is 0.331. The number of thioether (sulfide) groups is 1. The number of thiophene rings is 1. The Morgan fingerprint density at radius 1 is 1.45 bits per heavy atom. The Bertz CT molecular complexity index is 723. The molecule has 8 heteroatoms. The second-order valence-electron chi connectivity index (χ2n) is 4.49. The Morgan fingerprint density at radius 3 is 2.86 bits per heavy atom. The Morgan fingerprint density at radius 2 is 2.23 bits per heavy atom. The van der Waals surface area contributed by atoms with Gasteiger partial charge in [-0.15, -0.1) is 11.3 Å². The van der Waals surface area contributed by atoms with Crippen molar-refractivity contribution in [3.05, 3.63) is 21.3 Å². The summed E-state index contributed by atoms with van der Waals surface area (Å²) < 4.78 is 11.2. The topological polar surface area (TPSA) is 70.4 Å². The van der Waals surface area contributed by atoms with Crippen LogP contribution in [0.2, 0.25) is 0 Å². The molecule has 0 aliphatic rings. The summed E-state index contributed by atoms with van der Waals surface area (Å²) >= 11 is 2.85. The predicted molar refractivity (Wildman–Crippen MR) is 87.9 cm³/mol. The molecule has 0 radical (unpaired) electrons. The number of methoxy groups -OCH3 is 1. The van der Waals surface area contributed by atoms with E-state index in [2.05, 4.69) is 4.98 Å². The zero-order valence-corrected chi connectivity index (χ0v) is 14.4. The zero-order chi connectivity index (χ0) is 16.1. The first-order valence-electron chi connectivity index (χ1n) is 6.82. The molecule has 0 saturated heterocycles. The first kappa shape index (κ1) is 17.0. The third-order valence-electron chi connectivity index (χ3n) is 3.04. The van der Waals surface area contributed by atoms with Gasteiger partial charge in [0.15, 0.2) is 5.16 Å². The minimum Gasteiger partial charge on any atom is -0.462 e. The lowest BCUT2D eigenvalue weighted by molar-refractivity contribution is -0.145. The monoisotopic (exact) mass is 342 g/mol. The van der Waals surface area contributed by atoms with Gasteiger partial charge in [0, 0.05) is 12.0 Å². The van der Waals surface area contributed by atoms with Crippen LogP contribution in [0.15, 0.2) is 16.0 Å². The van der Waals surface area contributed by atoms with Crippen LogP contribution in [0.5, 0.6) is 0 Å². The van der Waals surface area contributed by atoms with Gasteiger partial charge in [0.2, 0.25) is 0 Å². The largest absolute Gasteiger partial charge is 0.462 e. The molecule has 120 valence electrons. The number of rotatable bonds is 7. The number of ether oxygens (including phenoxy) is 2. The molecule has 2 rings (SSSR count). The molecule has 0 aromatic carbocycles. The van der Waals surface area contributed by atoms with Gasteiger partial charge in [-0.1, -0.05) is 18.7 Å². The van der Waals surface area contributed by atoms with Gasteiger partial charge in [0.05, 0.1) is 12.0 Å². The summed E-state index contributed by atoms with van der Waals surface area (Å²) in [4.78, 5) is 30.7. The van der Waals surface area contributed by atoms with Crippen molar-refractivity contribution in [2.75, 3.05) is 26.6 Å². The molecule has 0 bridgehead atoms. The molecule has 22 heavy (non-hydrogen) atoms. The number of hydrogen-bond donors (Lipinski definition) is 0. The molecule has 6 nitrogen and oxygen atoms in total. The van der Waals surface area contributed by atoms with Crippen molar-refractivity contribution in [1.29, 1.82) is 0 Å². The van der Waals surface area contributed by atoms with E-state index in [0.717, 1.165) is 16.1 Å². The molecular formula is C14H18N2O4S2. The molecule has 0 aliphatic heterocycles. The van der Waals surface area contributed by atoms with Crippen molar-refractivity contribution in [2.45, 2.75) is 25.0 Å². The third kappa shape index (κ3) is 3.68. The minimum atomic E-state index is -0.471. The van der Waals surface area contributed by atoms with Crippen molar-refractivity contribution in [1.82, 2.24) is 9.55 Å². The first-order chi connectivity index (χ1) is 10.6. The van der Waals surface area contributed by atoms with Crippen LogP contribution in [0.1, 0.15) is 11.8 Å². The number of hydrogen-bond acceptors (Lipinski definition) is 7. The number of fused-ring (bicyclic) bond motifs is 1. The highest BCUT2D eigenvalue weighted by Gasteiger charge is 2.16. The van der Waals surface area contributed by atoms with Crippen molar-refractivity contribution >= 4 is 39.3 Å². The second-order valence-corrected chi connectivity index (χ2v) is 6.38. The highest BCUT2D eigenvalue weighted by molar-refractivity contribution is 7.98. The lowest BCUT2D eigenvalue weighted by atomic mass is 10.3. The Kier molecular flexibility index (Phi) is 5.98. The summed E-state index contributed by atoms with van der Waals surface area (Å²) in [5.41, 5.74) is -0.200. The predicted octanol–water partition coefficient (Wildman–Crippen LogP) is 1.93. The Hall–Kier alpha value is -1.38. The smallest absolute Gasteiger partial charge is 0.326 e. The third-order valence-corrected chi connectivity index (χ3v) is 4.89. The van der Waals surface area contributed by atoms with Crippen molar-refractivity contribution in [3.8, 4) is 0 Å². The Labute approximate surface area is 136 Å². The van der Waals surface area contributed by atoms with Gasteiger partial charge in [-0.05, 0) is 18.7 Å². The fourth-order valence-electron chi connectivity index (χ4n) is 1.93. The van der Waals surface area contributed by atoms with E-state index in [1.54, 1.807) is 0 Å². The summed E-state index contributed by atoms with van der Waals surface area (Å²) in [7, 11) is 1.53. The maximum absolute atomic E-state index is 12.6. The maximum atomic E-state index is 12.6. The van der Waals surface area contributed by atoms with E-state index in [0.29, 0.717) is 17.1 Å². The minimum absolute atomic E-state index is 0.140. The van der Waals surface area contributed by atoms with Gasteiger partial charge in [-0.25, -0.2) is 4.98 Å². The second kappa shape index (κ2) is 7.75. The van der Waals surface area contributed by atoms with E-state index in [1.807, 2.05) is 19.2 Å². The first-order valence-corrected chi connectivity index (χ1v) is 8.86. The number of aryl methyl sites for hydroxylation is 1. The van der Waals surface area contributed by atoms with Gasteiger partial charge in [-0.3, -0.25) is 14.2 Å². The SMILES string of the molecule is CCc1cc2c(=O)n(CC(=O)OCCOC)c(SC)nc2s1. The van der Waals surface area contributed by atoms with E-state index in [-0.39, 0.29) is 18.7 Å². The highest BCUT2D eigenvalue weighted by Crippen LogP contribution is 2.24. The van der Waals surface area contributed by atoms with E-state index in [9.17, 15) is 9.59 Å². The van der Waals surface area contributed by atoms with Crippen LogP contribution in [0.25, 0.3) is 10.2 Å². The number of nitrogens with zero attached hydrogens (tertiary/aromatic N) is 2. The molecule has 0 unspecified atom stereocenters. The van der Waals surface area contributed by atoms with Crippen LogP contribution < -0.4 is 5.56 Å². The summed E-state index contributed by atoms with van der Waals surface area (Å²) in [6, 6.07) is 1.85. The van der Waals surface area contributed by atoms with Gasteiger partial charge >= 0.3 is 5.97 Å². The van der Waals surface area contributed by atoms with Crippen LogP contribution in [-0.4, -0.2) is 42.1 Å². The lowest BCUT2D eigenvalue weighted by Gasteiger charge is -2.10. The van der Waals surface area contributed by atoms with E-state index < -0.39 is 5.97 Å². The van der Waals surface area contributed by atoms with Crippen molar-refractivity contribution < 1.29 is 14.3 Å². The summed E-state index contributed by atoms with van der Waals surface area (Å²) in [5.74, 6) is -0.471. The fraction of sp³-hybridized carbons (Fsp3) is 0.500. The average Bonchev–Trinajstić information content (AvgIpc) is 2.93. The van der Waals surface area contributed by atoms with Crippen LogP contribution in [0, 0.1) is 0 Å². The molecule has 0 N–H and O–H groups in total. The fourth-order valence-corrected chi connectivity index (χ4v) is 3.50. The van der Waals surface area contributed by atoms with Crippen molar-refractivity contribution in [3.63, 3.8) is 0 Å². The van der Waals surface area contributed by atoms with E-state index >= 15 is 0 Å². The molecule has 0 atom stereocenters. The van der Waals surface area contributed by atoms with Gasteiger partial charge in [0.25, 0.3) is 5.56 Å². The van der Waals surface area contributed by atoms with Gasteiger partial charge < -0.3 is 9.47 Å². The molecule has 0 amide bonds. The highest BCUT2D eigenvalue weighted by atomic mass is 32.2. The number of carbonyl (C=O) groups is 1. The van der Waals surface area contributed by atoms with E-state index in [1.165, 1.54) is 34.8 Å². The normalized spacial score (nSPS) is 11.0. The van der Waals surface area contributed by atoms with Gasteiger partial charge in [0.1, 0.15) is 18.0 Å². The molecule has 0 saturated carbocycles. The van der Waals surface area contributed by atoms with Crippen LogP contribution in [-0.2, 0) is 27.2 Å². The number of carbonyl (C=O) groups excluding carboxylic acids is 1. The average molecular weight is 342 g/mol. The molecule has 2 aromatic rings. The molecule has 0 spiro atoms. The Balaban J connectivity index is 2.33. The lowest BCUT2D eigenvalue weighted by Crippen LogP contribution is -2.28. The molecule has 0 aliphatic carbocycles. The molecule has 2 aromatic heterocycles. The summed E-state index contributed by atoms with van der Waals surface area (Å²) in [5, 5.41) is 1.08. The van der Waals surface area contributed by atoms with Gasteiger partial charge in [-0.2, -0.15) is 0 Å². The molecule has 2 heterocycles. The number of aromatic nitrogens is 2. The maximum Gasteiger partial charge on any atom is 0.326 e. The standard InChI is InChI=1S/C14H18N2O4S2/c1-4-9-7-10-12(22-9)15-14(21-3)16(13(10)18)8-11(17)20-6-5-19-2/h7H,4-6,8H2,1-3H3. The summed E-state index contributed by atoms with van der Waals surface area (Å²) in [6.07, 6.45) is 2.68. The van der Waals surface area contributed by atoms with E-state index in [4.69, 9.17) is 9.47 Å². The van der Waals surface area contributed by atoms with Crippen LogP contribution >= 0.6 is 23.1 Å². The molecular weight excluding hydrogens is 324 g/mol. The van der Waals surface area contributed by atoms with Crippen LogP contribution in [0.4, 0.5) is 0 Å². The van der Waals surface area contributed by atoms with Crippen LogP contribution in [0.3, 0.4) is 0 Å². The van der Waals surface area contributed by atoms with Crippen molar-refractivity contribution in [2.24, 2.45) is 0 Å². The molecule has 0 fully saturated rings. The zero-order valence-electron chi connectivity index (χ0n) is 12.7. The number of esters is 1. The summed E-state index contributed by atoms with van der Waals surface area (Å²) in [6.45, 7) is 2.40.